The Morgan fingerprint density at radius 1 is 0.292 bits per heavy atom. The Hall–Kier alpha value is -3.57. The highest BCUT2D eigenvalue weighted by molar-refractivity contribution is 6.92. The largest absolute Gasteiger partial charge is 0.369 e. The molecule has 2 N–H and O–H groups in total. The van der Waals surface area contributed by atoms with Crippen LogP contribution in [0.15, 0.2) is 60.7 Å². The molecule has 2 atom stereocenters. The van der Waals surface area contributed by atoms with Gasteiger partial charge in [-0.05, 0) is 137 Å². The average Bonchev–Trinajstić information content (AvgIpc) is 3.26. The van der Waals surface area contributed by atoms with Crippen LogP contribution in [0.1, 0.15) is 200 Å². The monoisotopic (exact) mass is 1030 g/mol. The lowest BCUT2D eigenvalue weighted by molar-refractivity contribution is 0.0950. The van der Waals surface area contributed by atoms with Crippen LogP contribution in [0.3, 0.4) is 0 Å². The van der Waals surface area contributed by atoms with Crippen molar-refractivity contribution in [3.8, 4) is 45.9 Å². The number of hydrogen-bond acceptors (Lipinski definition) is 2. The SMILES string of the molecule is CC(C)[Si](C#Cc1ccc2cc3c(cc2c1)C(O)(C#C[Si](C(C)C)(C(C)C)C(C)C)c1cc2ccc(C#C[Si](C(C)C)(C(C)C)C(C)C)cc2cc1C3(O)C#C[Si](C(C)C)(C(C)C)C(C)C)(C(C)C)C(C)C. The van der Waals surface area contributed by atoms with Crippen LogP contribution in [0.2, 0.25) is 66.5 Å². The number of hydrogen-bond donors (Lipinski definition) is 2. The van der Waals surface area contributed by atoms with Crippen molar-refractivity contribution in [1.29, 1.82) is 0 Å². The first-order valence-electron chi connectivity index (χ1n) is 28.1. The molecule has 4 aromatic rings. The lowest BCUT2D eigenvalue weighted by Crippen LogP contribution is -2.46. The van der Waals surface area contributed by atoms with Gasteiger partial charge in [0.05, 0.1) is 0 Å². The first-order chi connectivity index (χ1) is 33.3. The molecule has 0 spiro atoms. The van der Waals surface area contributed by atoms with E-state index >= 15 is 0 Å². The van der Waals surface area contributed by atoms with Crippen LogP contribution in [0.25, 0.3) is 21.5 Å². The number of rotatable bonds is 12. The molecule has 6 heteroatoms. The fourth-order valence-corrected chi connectivity index (χ4v) is 36.0. The fourth-order valence-electron chi connectivity index (χ4n) is 15.0. The highest BCUT2D eigenvalue weighted by Crippen LogP contribution is 2.52. The van der Waals surface area contributed by atoms with Gasteiger partial charge in [-0.2, -0.15) is 0 Å². The summed E-state index contributed by atoms with van der Waals surface area (Å²) >= 11 is 0. The molecular formula is C66H96O2Si4. The molecule has 0 saturated heterocycles. The molecule has 0 saturated carbocycles. The standard InChI is InChI=1S/C66H96O2Si4/c1-43(2)69(44(3)4,45(5)6)33-29-55-25-27-57-39-61-63(41-59(57)37-55)65(67,31-35-71(49(13)14,50(15)16)51(17)18)62-40-58-28-26-56(30-34-70(46(7)8,47(9)10)48(11)12)38-60(58)42-64(62)66(61,68)32-36-72(52(19)20,53(21)22)54(23)24/h25-28,37-54,67-68H,1-24H3. The quantitative estimate of drug-likeness (QED) is 0.110. The van der Waals surface area contributed by atoms with Crippen LogP contribution in [0, 0.1) is 45.9 Å². The van der Waals surface area contributed by atoms with Gasteiger partial charge >= 0.3 is 0 Å². The predicted molar refractivity (Wildman–Crippen MR) is 327 cm³/mol. The molecule has 1 aliphatic carbocycles. The summed E-state index contributed by atoms with van der Waals surface area (Å²) < 4.78 is 0. The van der Waals surface area contributed by atoms with Crippen molar-refractivity contribution in [2.24, 2.45) is 0 Å². The van der Waals surface area contributed by atoms with Crippen molar-refractivity contribution < 1.29 is 10.2 Å². The minimum Gasteiger partial charge on any atom is -0.369 e. The fraction of sp³-hybridized carbons (Fsp3) is 0.576. The summed E-state index contributed by atoms with van der Waals surface area (Å²) in [7, 11) is -8.77. The predicted octanol–water partition coefficient (Wildman–Crippen LogP) is 18.4. The zero-order valence-electron chi connectivity index (χ0n) is 49.6. The number of fused-ring (bicyclic) bond motifs is 4. The van der Waals surface area contributed by atoms with Crippen molar-refractivity contribution in [3.63, 3.8) is 0 Å². The lowest BCUT2D eigenvalue weighted by atomic mass is 9.67. The van der Waals surface area contributed by atoms with Gasteiger partial charge in [-0.1, -0.05) is 202 Å². The average molecular weight is 1030 g/mol. The van der Waals surface area contributed by atoms with E-state index in [1.165, 1.54) is 0 Å². The van der Waals surface area contributed by atoms with Gasteiger partial charge in [0.15, 0.2) is 11.2 Å². The Balaban J connectivity index is 2.02. The zero-order valence-corrected chi connectivity index (χ0v) is 53.6. The van der Waals surface area contributed by atoms with Crippen molar-refractivity contribution in [3.05, 3.63) is 94.0 Å². The zero-order chi connectivity index (χ0) is 54.4. The Labute approximate surface area is 445 Å². The smallest absolute Gasteiger partial charge is 0.177 e. The van der Waals surface area contributed by atoms with Crippen LogP contribution < -0.4 is 0 Å². The maximum absolute atomic E-state index is 14.1. The first kappa shape index (κ1) is 59.3. The normalized spacial score (nSPS) is 17.6. The van der Waals surface area contributed by atoms with Crippen LogP contribution in [0.5, 0.6) is 0 Å². The minimum atomic E-state index is -2.38. The molecule has 0 bridgehead atoms. The second-order valence-electron chi connectivity index (χ2n) is 25.9. The molecule has 2 nitrogen and oxygen atoms in total. The number of aliphatic hydroxyl groups is 2. The van der Waals surface area contributed by atoms with Crippen LogP contribution >= 0.6 is 0 Å². The van der Waals surface area contributed by atoms with Gasteiger partial charge in [0.25, 0.3) is 0 Å². The molecule has 0 heterocycles. The van der Waals surface area contributed by atoms with Crippen LogP contribution in [0.4, 0.5) is 0 Å². The molecule has 0 radical (unpaired) electrons. The van der Waals surface area contributed by atoms with Gasteiger partial charge < -0.3 is 10.2 Å². The van der Waals surface area contributed by atoms with Gasteiger partial charge in [-0.15, -0.1) is 22.2 Å². The third kappa shape index (κ3) is 10.0. The van der Waals surface area contributed by atoms with Crippen molar-refractivity contribution >= 4 is 53.8 Å². The van der Waals surface area contributed by atoms with Gasteiger partial charge in [0, 0.05) is 33.4 Å². The molecule has 2 unspecified atom stereocenters. The second kappa shape index (κ2) is 21.9. The molecule has 1 aliphatic rings. The molecular weight excluding hydrogens is 937 g/mol. The van der Waals surface area contributed by atoms with E-state index in [9.17, 15) is 10.2 Å². The van der Waals surface area contributed by atoms with Crippen LogP contribution in [-0.4, -0.2) is 42.5 Å². The van der Waals surface area contributed by atoms with Crippen molar-refractivity contribution in [1.82, 2.24) is 0 Å². The maximum Gasteiger partial charge on any atom is 0.177 e. The van der Waals surface area contributed by atoms with Gasteiger partial charge in [0.2, 0.25) is 0 Å². The van der Waals surface area contributed by atoms with E-state index in [2.05, 4.69) is 273 Å². The van der Waals surface area contributed by atoms with Gasteiger partial charge in [-0.25, -0.2) is 0 Å². The Bertz CT molecular complexity index is 2600. The second-order valence-corrected chi connectivity index (χ2v) is 48.2. The lowest BCUT2D eigenvalue weighted by Gasteiger charge is -2.43. The molecule has 0 aliphatic heterocycles. The van der Waals surface area contributed by atoms with Crippen molar-refractivity contribution in [2.75, 3.05) is 0 Å². The first-order valence-corrected chi connectivity index (χ1v) is 37.0. The van der Waals surface area contributed by atoms with E-state index in [0.717, 1.165) is 32.7 Å². The molecule has 0 aromatic heterocycles. The summed E-state index contributed by atoms with van der Waals surface area (Å²) in [5.41, 5.74) is 22.0. The third-order valence-electron chi connectivity index (χ3n) is 18.7. The van der Waals surface area contributed by atoms with E-state index in [1.807, 2.05) is 0 Å². The van der Waals surface area contributed by atoms with E-state index in [-0.39, 0.29) is 0 Å². The molecule has 72 heavy (non-hydrogen) atoms. The highest BCUT2D eigenvalue weighted by atomic mass is 28.3. The summed E-state index contributed by atoms with van der Waals surface area (Å²) in [6.45, 7) is 56.2. The Morgan fingerprint density at radius 3 is 0.722 bits per heavy atom. The Kier molecular flexibility index (Phi) is 18.1. The molecule has 4 aromatic carbocycles. The molecule has 0 amide bonds. The maximum atomic E-state index is 14.1. The molecule has 0 fully saturated rings. The summed E-state index contributed by atoms with van der Waals surface area (Å²) in [6, 6.07) is 21.4. The van der Waals surface area contributed by atoms with Crippen molar-refractivity contribution in [2.45, 2.75) is 244 Å². The van der Waals surface area contributed by atoms with E-state index in [0.29, 0.717) is 88.7 Å². The van der Waals surface area contributed by atoms with E-state index < -0.39 is 43.5 Å². The van der Waals surface area contributed by atoms with Gasteiger partial charge in [-0.3, -0.25) is 0 Å². The van der Waals surface area contributed by atoms with Crippen LogP contribution in [-0.2, 0) is 11.2 Å². The molecule has 5 rings (SSSR count). The highest BCUT2D eigenvalue weighted by Gasteiger charge is 2.51. The van der Waals surface area contributed by atoms with Gasteiger partial charge in [0.1, 0.15) is 32.3 Å². The third-order valence-corrected chi connectivity index (χ3v) is 43.9. The summed E-state index contributed by atoms with van der Waals surface area (Å²) in [5, 5.41) is 32.1. The topological polar surface area (TPSA) is 40.5 Å². The Morgan fingerprint density at radius 2 is 0.500 bits per heavy atom. The minimum absolute atomic E-state index is 0.357. The van der Waals surface area contributed by atoms with E-state index in [1.54, 1.807) is 0 Å². The summed E-state index contributed by atoms with van der Waals surface area (Å²) in [5.74, 6) is 14.9. The van der Waals surface area contributed by atoms with E-state index in [4.69, 9.17) is 0 Å². The summed E-state index contributed by atoms with van der Waals surface area (Å²) in [6.07, 6.45) is 0. The molecule has 388 valence electrons. The summed E-state index contributed by atoms with van der Waals surface area (Å²) in [4.78, 5) is 0. The number of benzene rings is 4.